The summed E-state index contributed by atoms with van der Waals surface area (Å²) in [5.74, 6) is 0. The Kier molecular flexibility index (Phi) is 6.39. The van der Waals surface area contributed by atoms with Gasteiger partial charge in [0.1, 0.15) is 5.69 Å². The zero-order valence-corrected chi connectivity index (χ0v) is 17.5. The molecule has 0 aliphatic carbocycles. The summed E-state index contributed by atoms with van der Waals surface area (Å²) in [6, 6.07) is 14.3. The van der Waals surface area contributed by atoms with Gasteiger partial charge in [-0.15, -0.1) is 0 Å². The molecule has 1 aliphatic rings. The number of nitro benzene ring substituents is 1. The average molecular weight is 419 g/mol. The minimum atomic E-state index is -3.75. The molecule has 156 valence electrons. The van der Waals surface area contributed by atoms with Crippen molar-refractivity contribution in [2.24, 2.45) is 0 Å². The second-order valence-corrected chi connectivity index (χ2v) is 8.74. The van der Waals surface area contributed by atoms with Gasteiger partial charge in [-0.3, -0.25) is 10.1 Å². The number of para-hydroxylation sites is 1. The molecule has 0 spiro atoms. The average Bonchev–Trinajstić information content (AvgIpc) is 2.74. The fourth-order valence-corrected chi connectivity index (χ4v) is 5.11. The first-order chi connectivity index (χ1) is 13.9. The first-order valence-corrected chi connectivity index (χ1v) is 11.2. The van der Waals surface area contributed by atoms with Gasteiger partial charge in [-0.1, -0.05) is 32.0 Å². The minimum Gasteiger partial charge on any atom is -0.368 e. The smallest absolute Gasteiger partial charge is 0.293 e. The van der Waals surface area contributed by atoms with Crippen LogP contribution in [0, 0.1) is 10.1 Å². The number of nitro groups is 1. The van der Waals surface area contributed by atoms with Gasteiger partial charge in [0, 0.05) is 51.0 Å². The highest BCUT2D eigenvalue weighted by atomic mass is 32.2. The van der Waals surface area contributed by atoms with E-state index < -0.39 is 14.9 Å². The van der Waals surface area contributed by atoms with Crippen molar-refractivity contribution in [2.45, 2.75) is 18.7 Å². The van der Waals surface area contributed by atoms with E-state index in [1.165, 1.54) is 16.4 Å². The van der Waals surface area contributed by atoms with Crippen LogP contribution in [0.15, 0.2) is 53.4 Å². The Morgan fingerprint density at radius 3 is 2.10 bits per heavy atom. The number of piperazine rings is 1. The molecule has 1 heterocycles. The zero-order valence-electron chi connectivity index (χ0n) is 16.7. The number of hydrogen-bond donors (Lipinski definition) is 0. The maximum Gasteiger partial charge on any atom is 0.293 e. The van der Waals surface area contributed by atoms with Gasteiger partial charge in [0.25, 0.3) is 5.69 Å². The van der Waals surface area contributed by atoms with Gasteiger partial charge >= 0.3 is 0 Å². The molecule has 0 radical (unpaired) electrons. The van der Waals surface area contributed by atoms with Crippen LogP contribution in [0.25, 0.3) is 0 Å². The quantitative estimate of drug-likeness (QED) is 0.508. The first kappa shape index (κ1) is 21.1. The number of benzene rings is 2. The van der Waals surface area contributed by atoms with Crippen molar-refractivity contribution in [1.82, 2.24) is 4.31 Å². The molecule has 1 aliphatic heterocycles. The SMILES string of the molecule is CCN(CC)S(=O)(=O)c1ccc(N2CCN(c3ccccc3)CC2)c([N+](=O)[O-])c1. The first-order valence-electron chi connectivity index (χ1n) is 9.72. The maximum atomic E-state index is 12.7. The monoisotopic (exact) mass is 418 g/mol. The molecule has 8 nitrogen and oxygen atoms in total. The van der Waals surface area contributed by atoms with Gasteiger partial charge in [0.15, 0.2) is 0 Å². The lowest BCUT2D eigenvalue weighted by Crippen LogP contribution is -2.46. The van der Waals surface area contributed by atoms with Crippen LogP contribution >= 0.6 is 0 Å². The van der Waals surface area contributed by atoms with E-state index in [1.807, 2.05) is 35.2 Å². The molecule has 1 fully saturated rings. The third kappa shape index (κ3) is 4.35. The number of sulfonamides is 1. The fraction of sp³-hybridized carbons (Fsp3) is 0.400. The molecule has 0 unspecified atom stereocenters. The summed E-state index contributed by atoms with van der Waals surface area (Å²) in [6.45, 7) is 6.84. The van der Waals surface area contributed by atoms with Crippen LogP contribution in [0.2, 0.25) is 0 Å². The lowest BCUT2D eigenvalue weighted by Gasteiger charge is -2.37. The van der Waals surface area contributed by atoms with E-state index in [4.69, 9.17) is 0 Å². The van der Waals surface area contributed by atoms with Crippen molar-refractivity contribution in [1.29, 1.82) is 0 Å². The second kappa shape index (κ2) is 8.79. The highest BCUT2D eigenvalue weighted by Gasteiger charge is 2.28. The van der Waals surface area contributed by atoms with Crippen molar-refractivity contribution >= 4 is 27.1 Å². The van der Waals surface area contributed by atoms with Crippen LogP contribution in [0.5, 0.6) is 0 Å². The van der Waals surface area contributed by atoms with Gasteiger partial charge in [-0.2, -0.15) is 4.31 Å². The fourth-order valence-electron chi connectivity index (χ4n) is 3.63. The molecular formula is C20H26N4O4S. The molecule has 2 aromatic rings. The van der Waals surface area contributed by atoms with Gasteiger partial charge < -0.3 is 9.80 Å². The molecule has 9 heteroatoms. The van der Waals surface area contributed by atoms with Crippen molar-refractivity contribution in [2.75, 3.05) is 49.1 Å². The predicted molar refractivity (Wildman–Crippen MR) is 114 cm³/mol. The summed E-state index contributed by atoms with van der Waals surface area (Å²) in [4.78, 5) is 15.3. The summed E-state index contributed by atoms with van der Waals surface area (Å²) in [5.41, 5.74) is 1.41. The van der Waals surface area contributed by atoms with E-state index in [9.17, 15) is 18.5 Å². The number of rotatable bonds is 7. The highest BCUT2D eigenvalue weighted by molar-refractivity contribution is 7.89. The highest BCUT2D eigenvalue weighted by Crippen LogP contribution is 2.33. The predicted octanol–water partition coefficient (Wildman–Crippen LogP) is 2.95. The van der Waals surface area contributed by atoms with E-state index in [0.29, 0.717) is 31.9 Å². The Bertz CT molecular complexity index is 954. The summed E-state index contributed by atoms with van der Waals surface area (Å²) >= 11 is 0. The molecule has 29 heavy (non-hydrogen) atoms. The molecule has 0 amide bonds. The molecule has 1 saturated heterocycles. The van der Waals surface area contributed by atoms with Gasteiger partial charge in [-0.25, -0.2) is 8.42 Å². The van der Waals surface area contributed by atoms with E-state index in [2.05, 4.69) is 4.90 Å². The van der Waals surface area contributed by atoms with Crippen LogP contribution in [0.1, 0.15) is 13.8 Å². The van der Waals surface area contributed by atoms with Crippen molar-refractivity contribution in [3.05, 3.63) is 58.6 Å². The third-order valence-corrected chi connectivity index (χ3v) is 7.27. The van der Waals surface area contributed by atoms with Gasteiger partial charge in [-0.05, 0) is 24.3 Å². The Morgan fingerprint density at radius 2 is 1.55 bits per heavy atom. The van der Waals surface area contributed by atoms with E-state index >= 15 is 0 Å². The standard InChI is InChI=1S/C20H26N4O4S/c1-3-23(4-2)29(27,28)18-10-11-19(20(16-18)24(25)26)22-14-12-21(13-15-22)17-8-6-5-7-9-17/h5-11,16H,3-4,12-15H2,1-2H3. The van der Waals surface area contributed by atoms with Crippen LogP contribution in [0.3, 0.4) is 0 Å². The molecule has 3 rings (SSSR count). The largest absolute Gasteiger partial charge is 0.368 e. The number of anilines is 2. The minimum absolute atomic E-state index is 0.0421. The maximum absolute atomic E-state index is 12.7. The van der Waals surface area contributed by atoms with Crippen molar-refractivity contribution in [3.8, 4) is 0 Å². The van der Waals surface area contributed by atoms with Crippen LogP contribution < -0.4 is 9.80 Å². The Balaban J connectivity index is 1.84. The third-order valence-electron chi connectivity index (χ3n) is 5.23. The van der Waals surface area contributed by atoms with Gasteiger partial charge in [0.2, 0.25) is 10.0 Å². The molecule has 0 atom stereocenters. The van der Waals surface area contributed by atoms with Crippen LogP contribution in [-0.2, 0) is 10.0 Å². The Hall–Kier alpha value is -2.65. The summed E-state index contributed by atoms with van der Waals surface area (Å²) < 4.78 is 26.8. The van der Waals surface area contributed by atoms with E-state index in [-0.39, 0.29) is 10.6 Å². The van der Waals surface area contributed by atoms with Gasteiger partial charge in [0.05, 0.1) is 9.82 Å². The summed E-state index contributed by atoms with van der Waals surface area (Å²) in [5, 5.41) is 11.7. The van der Waals surface area contributed by atoms with E-state index in [1.54, 1.807) is 19.9 Å². The molecule has 0 N–H and O–H groups in total. The lowest BCUT2D eigenvalue weighted by atomic mass is 10.2. The summed E-state index contributed by atoms with van der Waals surface area (Å²) in [7, 11) is -3.75. The Morgan fingerprint density at radius 1 is 0.966 bits per heavy atom. The van der Waals surface area contributed by atoms with Crippen LogP contribution in [-0.4, -0.2) is 56.9 Å². The molecule has 0 saturated carbocycles. The molecular weight excluding hydrogens is 392 g/mol. The van der Waals surface area contributed by atoms with E-state index in [0.717, 1.165) is 18.8 Å². The number of nitrogens with zero attached hydrogens (tertiary/aromatic N) is 4. The lowest BCUT2D eigenvalue weighted by molar-refractivity contribution is -0.384. The molecule has 0 aromatic heterocycles. The van der Waals surface area contributed by atoms with Crippen molar-refractivity contribution < 1.29 is 13.3 Å². The van der Waals surface area contributed by atoms with Crippen molar-refractivity contribution in [3.63, 3.8) is 0 Å². The Labute approximate surface area is 171 Å². The number of hydrogen-bond acceptors (Lipinski definition) is 6. The second-order valence-electron chi connectivity index (χ2n) is 6.81. The van der Waals surface area contributed by atoms with Crippen LogP contribution in [0.4, 0.5) is 17.1 Å². The molecule has 2 aromatic carbocycles. The normalized spacial score (nSPS) is 15.0. The molecule has 0 bridgehead atoms. The summed E-state index contributed by atoms with van der Waals surface area (Å²) in [6.07, 6.45) is 0. The topological polar surface area (TPSA) is 87.0 Å². The zero-order chi connectivity index (χ0) is 21.0.